The highest BCUT2D eigenvalue weighted by molar-refractivity contribution is 6.01. The third-order valence-corrected chi connectivity index (χ3v) is 4.34. The Morgan fingerprint density at radius 3 is 2.77 bits per heavy atom. The minimum absolute atomic E-state index is 0.185. The number of carbonyl (C=O) groups excluding carboxylic acids is 1. The molecular formula is C20H19N5O. The van der Waals surface area contributed by atoms with Crippen molar-refractivity contribution < 1.29 is 4.79 Å². The second-order valence-corrected chi connectivity index (χ2v) is 6.26. The summed E-state index contributed by atoms with van der Waals surface area (Å²) in [6.07, 6.45) is 6.66. The number of pyridine rings is 1. The fourth-order valence-corrected chi connectivity index (χ4v) is 3.06. The number of carbonyl (C=O) groups is 1. The van der Waals surface area contributed by atoms with Crippen LogP contribution in [-0.4, -0.2) is 26.0 Å². The molecule has 4 rings (SSSR count). The third kappa shape index (κ3) is 3.70. The van der Waals surface area contributed by atoms with Crippen molar-refractivity contribution in [3.63, 3.8) is 0 Å². The van der Waals surface area contributed by atoms with Crippen LogP contribution in [0.1, 0.15) is 22.4 Å². The summed E-state index contributed by atoms with van der Waals surface area (Å²) < 4.78 is 0. The molecule has 0 bridgehead atoms. The Hall–Kier alpha value is -3.25. The number of fused-ring (bicyclic) bond motifs is 1. The van der Waals surface area contributed by atoms with E-state index in [1.165, 1.54) is 11.6 Å². The van der Waals surface area contributed by atoms with Gasteiger partial charge < -0.3 is 5.32 Å². The fourth-order valence-electron chi connectivity index (χ4n) is 3.06. The van der Waals surface area contributed by atoms with E-state index in [2.05, 4.69) is 37.5 Å². The maximum Gasteiger partial charge on any atom is 0.249 e. The maximum absolute atomic E-state index is 12.2. The van der Waals surface area contributed by atoms with Gasteiger partial charge in [-0.25, -0.2) is 0 Å². The number of amides is 1. The van der Waals surface area contributed by atoms with Crippen LogP contribution in [-0.2, 0) is 24.4 Å². The van der Waals surface area contributed by atoms with Crippen LogP contribution in [0.25, 0.3) is 6.08 Å². The largest absolute Gasteiger partial charge is 0.307 e. The number of hydrogen-bond donors (Lipinski definition) is 2. The first-order valence-corrected chi connectivity index (χ1v) is 8.49. The smallest absolute Gasteiger partial charge is 0.249 e. The van der Waals surface area contributed by atoms with Gasteiger partial charge in [-0.15, -0.1) is 0 Å². The molecule has 26 heavy (non-hydrogen) atoms. The molecule has 1 aliphatic heterocycles. The van der Waals surface area contributed by atoms with Crippen LogP contribution in [0.3, 0.4) is 0 Å². The molecule has 2 aromatic heterocycles. The van der Waals surface area contributed by atoms with Gasteiger partial charge in [-0.1, -0.05) is 30.3 Å². The highest BCUT2D eigenvalue weighted by Gasteiger charge is 2.25. The molecule has 1 aliphatic rings. The molecule has 0 radical (unpaired) electrons. The molecule has 0 saturated heterocycles. The average Bonchev–Trinajstić information content (AvgIpc) is 3.23. The highest BCUT2D eigenvalue weighted by Crippen LogP contribution is 2.28. The molecule has 0 aliphatic carbocycles. The molecule has 6 nitrogen and oxygen atoms in total. The van der Waals surface area contributed by atoms with E-state index in [-0.39, 0.29) is 5.91 Å². The van der Waals surface area contributed by atoms with Gasteiger partial charge in [0.1, 0.15) is 5.82 Å². The molecule has 130 valence electrons. The van der Waals surface area contributed by atoms with Crippen LogP contribution in [0.2, 0.25) is 0 Å². The van der Waals surface area contributed by atoms with Crippen molar-refractivity contribution >= 4 is 17.8 Å². The number of H-pyrrole nitrogens is 1. The minimum Gasteiger partial charge on any atom is -0.307 e. The van der Waals surface area contributed by atoms with Gasteiger partial charge in [0.2, 0.25) is 5.91 Å². The van der Waals surface area contributed by atoms with Crippen LogP contribution < -0.4 is 5.32 Å². The van der Waals surface area contributed by atoms with Gasteiger partial charge >= 0.3 is 0 Å². The zero-order valence-electron chi connectivity index (χ0n) is 14.2. The van der Waals surface area contributed by atoms with Gasteiger partial charge in [0, 0.05) is 43.7 Å². The van der Waals surface area contributed by atoms with Crippen LogP contribution in [0.5, 0.6) is 0 Å². The first kappa shape index (κ1) is 16.2. The van der Waals surface area contributed by atoms with E-state index in [1.54, 1.807) is 18.5 Å². The van der Waals surface area contributed by atoms with Crippen molar-refractivity contribution in [2.75, 3.05) is 5.32 Å². The number of hydrogen-bond acceptors (Lipinski definition) is 4. The first-order valence-electron chi connectivity index (χ1n) is 8.49. The van der Waals surface area contributed by atoms with Crippen molar-refractivity contribution in [2.24, 2.45) is 0 Å². The predicted octanol–water partition coefficient (Wildman–Crippen LogP) is 2.97. The zero-order chi connectivity index (χ0) is 17.8. The van der Waals surface area contributed by atoms with Gasteiger partial charge in [0.25, 0.3) is 0 Å². The summed E-state index contributed by atoms with van der Waals surface area (Å²) in [4.78, 5) is 18.4. The number of nitrogens with zero attached hydrogens (tertiary/aromatic N) is 3. The standard InChI is InChI=1S/C20H19N5O/c26-19(7-6-15-8-10-21-11-9-15)22-20-17-13-25(14-18(17)23-24-20)12-16-4-2-1-3-5-16/h1-11H,12-14H2,(H2,22,23,24,26)/b7-6+. The van der Waals surface area contributed by atoms with Gasteiger partial charge in [-0.3, -0.25) is 19.8 Å². The van der Waals surface area contributed by atoms with Crippen molar-refractivity contribution in [1.29, 1.82) is 0 Å². The number of benzene rings is 1. The predicted molar refractivity (Wildman–Crippen MR) is 99.9 cm³/mol. The van der Waals surface area contributed by atoms with E-state index in [4.69, 9.17) is 0 Å². The lowest BCUT2D eigenvalue weighted by atomic mass is 10.2. The summed E-state index contributed by atoms with van der Waals surface area (Å²) in [6, 6.07) is 14.0. The SMILES string of the molecule is O=C(/C=C/c1ccncc1)Nc1[nH]nc2c1CN(Cc1ccccc1)C2. The number of aromatic nitrogens is 3. The first-order chi connectivity index (χ1) is 12.8. The lowest BCUT2D eigenvalue weighted by Crippen LogP contribution is -2.17. The molecular weight excluding hydrogens is 326 g/mol. The number of nitrogens with one attached hydrogen (secondary N) is 2. The topological polar surface area (TPSA) is 73.9 Å². The molecule has 0 spiro atoms. The molecule has 1 aromatic carbocycles. The summed E-state index contributed by atoms with van der Waals surface area (Å²) in [5.74, 6) is 0.495. The molecule has 0 saturated carbocycles. The number of aromatic amines is 1. The summed E-state index contributed by atoms with van der Waals surface area (Å²) in [5.41, 5.74) is 4.26. The van der Waals surface area contributed by atoms with Crippen molar-refractivity contribution in [3.8, 4) is 0 Å². The summed E-state index contributed by atoms with van der Waals surface area (Å²) in [5, 5.41) is 10.2. The lowest BCUT2D eigenvalue weighted by Gasteiger charge is -2.15. The van der Waals surface area contributed by atoms with Crippen molar-refractivity contribution in [2.45, 2.75) is 19.6 Å². The number of anilines is 1. The molecule has 0 unspecified atom stereocenters. The minimum atomic E-state index is -0.185. The Bertz CT molecular complexity index is 918. The lowest BCUT2D eigenvalue weighted by molar-refractivity contribution is -0.111. The Balaban J connectivity index is 1.39. The molecule has 1 amide bonds. The Morgan fingerprint density at radius 2 is 1.96 bits per heavy atom. The molecule has 3 heterocycles. The fraction of sp³-hybridized carbons (Fsp3) is 0.150. The van der Waals surface area contributed by atoms with Gasteiger partial charge in [-0.2, -0.15) is 5.10 Å². The van der Waals surface area contributed by atoms with Crippen LogP contribution in [0.15, 0.2) is 60.9 Å². The normalized spacial score (nSPS) is 13.8. The Kier molecular flexibility index (Phi) is 4.57. The summed E-state index contributed by atoms with van der Waals surface area (Å²) in [6.45, 7) is 2.42. The number of rotatable bonds is 5. The highest BCUT2D eigenvalue weighted by atomic mass is 16.1. The van der Waals surface area contributed by atoms with E-state index in [9.17, 15) is 4.79 Å². The summed E-state index contributed by atoms with van der Waals surface area (Å²) >= 11 is 0. The van der Waals surface area contributed by atoms with Crippen LogP contribution in [0.4, 0.5) is 5.82 Å². The molecule has 0 fully saturated rings. The van der Waals surface area contributed by atoms with E-state index < -0.39 is 0 Å². The van der Waals surface area contributed by atoms with Gasteiger partial charge in [-0.05, 0) is 29.3 Å². The second-order valence-electron chi connectivity index (χ2n) is 6.26. The second kappa shape index (κ2) is 7.33. The molecule has 6 heteroatoms. The maximum atomic E-state index is 12.2. The van der Waals surface area contributed by atoms with Crippen molar-refractivity contribution in [3.05, 3.63) is 83.3 Å². The van der Waals surface area contributed by atoms with E-state index in [0.29, 0.717) is 5.82 Å². The van der Waals surface area contributed by atoms with Crippen LogP contribution in [0, 0.1) is 0 Å². The quantitative estimate of drug-likeness (QED) is 0.697. The van der Waals surface area contributed by atoms with E-state index in [1.807, 2.05) is 30.3 Å². The van der Waals surface area contributed by atoms with Gasteiger partial charge in [0.15, 0.2) is 0 Å². The van der Waals surface area contributed by atoms with Crippen LogP contribution >= 0.6 is 0 Å². The van der Waals surface area contributed by atoms with E-state index in [0.717, 1.165) is 36.5 Å². The van der Waals surface area contributed by atoms with Gasteiger partial charge in [0.05, 0.1) is 5.69 Å². The zero-order valence-corrected chi connectivity index (χ0v) is 14.2. The Morgan fingerprint density at radius 1 is 1.15 bits per heavy atom. The third-order valence-electron chi connectivity index (χ3n) is 4.34. The molecule has 2 N–H and O–H groups in total. The summed E-state index contributed by atoms with van der Waals surface area (Å²) in [7, 11) is 0. The average molecular weight is 345 g/mol. The van der Waals surface area contributed by atoms with Crippen molar-refractivity contribution in [1.82, 2.24) is 20.1 Å². The molecule has 0 atom stereocenters. The molecule has 3 aromatic rings. The monoisotopic (exact) mass is 345 g/mol. The Labute approximate surface area is 151 Å². The van der Waals surface area contributed by atoms with E-state index >= 15 is 0 Å².